The van der Waals surface area contributed by atoms with Crippen molar-refractivity contribution in [3.8, 4) is 39.1 Å². The van der Waals surface area contributed by atoms with Gasteiger partial charge in [-0.3, -0.25) is 0 Å². The molecule has 91 heavy (non-hydrogen) atoms. The van der Waals surface area contributed by atoms with Crippen LogP contribution >= 0.6 is 0 Å². The van der Waals surface area contributed by atoms with Crippen molar-refractivity contribution in [2.75, 3.05) is 9.71 Å². The Morgan fingerprint density at radius 2 is 1.00 bits per heavy atom. The van der Waals surface area contributed by atoms with Crippen LogP contribution in [0.1, 0.15) is 181 Å². The molecule has 4 heterocycles. The smallest absolute Gasteiger partial charge is 0.333 e. The number of fused-ring (bicyclic) bond motifs is 20. The molecule has 2 aliphatic heterocycles. The Bertz CT molecular complexity index is 5100. The molecule has 3 aliphatic carbocycles. The molecule has 0 spiro atoms. The van der Waals surface area contributed by atoms with Gasteiger partial charge in [-0.25, -0.2) is 0 Å². The molecule has 0 unspecified atom stereocenters. The monoisotopic (exact) mass is 1190 g/mol. The molecule has 0 amide bonds. The zero-order valence-corrected chi connectivity index (χ0v) is 56.5. The molecule has 4 nitrogen and oxygen atoms in total. The van der Waals surface area contributed by atoms with E-state index in [9.17, 15) is 0 Å². The van der Waals surface area contributed by atoms with E-state index in [-0.39, 0.29) is 44.8 Å². The summed E-state index contributed by atoms with van der Waals surface area (Å²) < 4.78 is 9.79. The Labute approximate surface area is 539 Å². The van der Waals surface area contributed by atoms with Gasteiger partial charge in [0.05, 0.1) is 11.0 Å². The Balaban J connectivity index is 0.995. The van der Waals surface area contributed by atoms with E-state index in [1.54, 1.807) is 0 Å². The number of hydrogen-bond donors (Lipinski definition) is 0. The van der Waals surface area contributed by atoms with E-state index in [2.05, 4.69) is 308 Å². The van der Waals surface area contributed by atoms with Crippen LogP contribution in [0.15, 0.2) is 180 Å². The fourth-order valence-electron chi connectivity index (χ4n) is 17.6. The summed E-state index contributed by atoms with van der Waals surface area (Å²) in [5, 5.41) is 5.06. The Morgan fingerprint density at radius 1 is 0.429 bits per heavy atom. The van der Waals surface area contributed by atoms with E-state index >= 15 is 0 Å². The van der Waals surface area contributed by atoms with Gasteiger partial charge in [-0.1, -0.05) is 203 Å². The van der Waals surface area contributed by atoms with Gasteiger partial charge in [0.2, 0.25) is 0 Å². The van der Waals surface area contributed by atoms with Crippen LogP contribution in [0.3, 0.4) is 0 Å². The second-order valence-electron chi connectivity index (χ2n) is 33.2. The molecule has 17 rings (SSSR count). The number of aromatic nitrogens is 1. The SMILES string of the molecule is CC(C)(C)c1ccc(N2B3c4cc5oc6ccccc6c5cc4-n4c5cc6c(cc5c5c7c(c(c3c54)-c3cc4c(cc32)C(C)(C)c2cc(N(c3ccc(C(C)(C)C)cc3)c3ccc(C(C)(C)C)cc3)ccc2-4)-c2ccccc2C7(C)C)C(C)(C)CCC6(C)C)cc1. The average molecular weight is 1190 g/mol. The Morgan fingerprint density at radius 3 is 1.64 bits per heavy atom. The normalized spacial score (nSPS) is 16.8. The van der Waals surface area contributed by atoms with Gasteiger partial charge in [0, 0.05) is 72.1 Å². The zero-order chi connectivity index (χ0) is 63.3. The molecular weight excluding hydrogens is 1100 g/mol. The number of furan rings is 1. The van der Waals surface area contributed by atoms with E-state index in [0.29, 0.717) is 0 Å². The quantitative estimate of drug-likeness (QED) is 0.164. The van der Waals surface area contributed by atoms with E-state index in [0.717, 1.165) is 51.8 Å². The lowest BCUT2D eigenvalue weighted by molar-refractivity contribution is 0.332. The fraction of sp³-hybridized carbons (Fsp3) is 0.302. The lowest BCUT2D eigenvalue weighted by atomic mass is 9.43. The first-order valence-corrected chi connectivity index (χ1v) is 33.6. The minimum absolute atomic E-state index is 0.00522. The average Bonchev–Trinajstić information content (AvgIpc) is 1.52. The highest BCUT2D eigenvalue weighted by Crippen LogP contribution is 2.62. The third-order valence-corrected chi connectivity index (χ3v) is 22.9. The maximum atomic E-state index is 7.04. The van der Waals surface area contributed by atoms with Gasteiger partial charge >= 0.3 is 6.85 Å². The molecule has 5 aliphatic rings. The molecule has 0 radical (unpaired) electrons. The molecule has 5 heteroatoms. The van der Waals surface area contributed by atoms with Crippen molar-refractivity contribution in [2.45, 2.75) is 168 Å². The van der Waals surface area contributed by atoms with Crippen LogP contribution in [0.25, 0.3) is 82.8 Å². The summed E-state index contributed by atoms with van der Waals surface area (Å²) >= 11 is 0. The van der Waals surface area contributed by atoms with Crippen molar-refractivity contribution < 1.29 is 4.42 Å². The van der Waals surface area contributed by atoms with E-state index in [1.807, 2.05) is 0 Å². The van der Waals surface area contributed by atoms with Crippen molar-refractivity contribution in [2.24, 2.45) is 0 Å². The molecule has 0 N–H and O–H groups in total. The van der Waals surface area contributed by atoms with Crippen molar-refractivity contribution in [1.82, 2.24) is 4.57 Å². The molecule has 10 aromatic carbocycles. The van der Waals surface area contributed by atoms with Crippen LogP contribution < -0.4 is 20.6 Å². The van der Waals surface area contributed by atoms with Gasteiger partial charge in [0.1, 0.15) is 11.2 Å². The number of rotatable bonds is 4. The minimum Gasteiger partial charge on any atom is -0.456 e. The van der Waals surface area contributed by atoms with E-state index in [4.69, 9.17) is 4.42 Å². The molecule has 2 aromatic heterocycles. The summed E-state index contributed by atoms with van der Waals surface area (Å²) in [4.78, 5) is 5.24. The highest BCUT2D eigenvalue weighted by Gasteiger charge is 2.52. The number of nitrogens with zero attached hydrogens (tertiary/aromatic N) is 3. The molecule has 0 saturated carbocycles. The molecule has 452 valence electrons. The lowest BCUT2D eigenvalue weighted by Crippen LogP contribution is -2.60. The van der Waals surface area contributed by atoms with Gasteiger partial charge in [0.15, 0.2) is 0 Å². The standard InChI is InChI=1S/C86H84BN3O/c1-80(2,3)49-26-32-52(33-27-49)88(53-34-28-50(29-35-53)81(4,5)6)55-38-39-56-59-43-61-70(46-65(59)85(14,15)64(56)42-55)90(54-36-30-51(31-37-54)82(7,8)9)87-68-48-73-60(57-22-19-21-25-72(57)91-73)45-71(68)89-69-47-67-66(83(10,11)40-41-84(67,12)13)44-62(69)76-77-74(75(61)78(87)79(76)89)58-23-18-20-24-63(58)86(77,16)17/h18-39,42-48H,40-41H2,1-17H3. The number of anilines is 5. The topological polar surface area (TPSA) is 24.6 Å². The minimum atomic E-state index is -0.367. The molecule has 0 atom stereocenters. The summed E-state index contributed by atoms with van der Waals surface area (Å²) in [5.41, 5.74) is 34.1. The molecule has 0 bridgehead atoms. The van der Waals surface area contributed by atoms with E-state index < -0.39 is 0 Å². The summed E-state index contributed by atoms with van der Waals surface area (Å²) in [6.45, 7) is 40.5. The second kappa shape index (κ2) is 18.2. The third-order valence-electron chi connectivity index (χ3n) is 22.9. The summed E-state index contributed by atoms with van der Waals surface area (Å²) in [6.07, 6.45) is 2.30. The lowest BCUT2D eigenvalue weighted by Gasteiger charge is -2.44. The first-order valence-electron chi connectivity index (χ1n) is 33.6. The van der Waals surface area contributed by atoms with Crippen LogP contribution in [0.5, 0.6) is 0 Å². The largest absolute Gasteiger partial charge is 0.456 e. The van der Waals surface area contributed by atoms with Gasteiger partial charge in [-0.2, -0.15) is 0 Å². The van der Waals surface area contributed by atoms with Gasteiger partial charge in [-0.15, -0.1) is 0 Å². The predicted octanol–water partition coefficient (Wildman–Crippen LogP) is 22.2. The van der Waals surface area contributed by atoms with Crippen molar-refractivity contribution >= 4 is 90.0 Å². The summed E-state index contributed by atoms with van der Waals surface area (Å²) in [7, 11) is 0. The Hall–Kier alpha value is -8.54. The zero-order valence-electron chi connectivity index (χ0n) is 56.5. The van der Waals surface area contributed by atoms with Gasteiger partial charge in [0.25, 0.3) is 0 Å². The van der Waals surface area contributed by atoms with Crippen LogP contribution in [0.2, 0.25) is 0 Å². The third kappa shape index (κ3) is 7.76. The summed E-state index contributed by atoms with van der Waals surface area (Å²) in [5.74, 6) is 0. The maximum Gasteiger partial charge on any atom is 0.333 e. The first-order chi connectivity index (χ1) is 43.0. The van der Waals surface area contributed by atoms with Crippen LogP contribution in [-0.4, -0.2) is 11.4 Å². The highest BCUT2D eigenvalue weighted by molar-refractivity contribution is 6.94. The first kappa shape index (κ1) is 56.4. The van der Waals surface area contributed by atoms with Crippen molar-refractivity contribution in [3.63, 3.8) is 0 Å². The number of benzene rings is 10. The molecule has 0 fully saturated rings. The van der Waals surface area contributed by atoms with Crippen LogP contribution in [0.4, 0.5) is 28.4 Å². The van der Waals surface area contributed by atoms with E-state index in [1.165, 1.54) is 133 Å². The maximum absolute atomic E-state index is 7.04. The fourth-order valence-corrected chi connectivity index (χ4v) is 17.6. The summed E-state index contributed by atoms with van der Waals surface area (Å²) in [6, 6.07) is 69.3. The predicted molar refractivity (Wildman–Crippen MR) is 388 cm³/mol. The van der Waals surface area contributed by atoms with Crippen LogP contribution in [-0.2, 0) is 37.9 Å². The van der Waals surface area contributed by atoms with Crippen LogP contribution in [0, 0.1) is 0 Å². The number of para-hydroxylation sites is 1. The highest BCUT2D eigenvalue weighted by atomic mass is 16.3. The molecular formula is C86H84BN3O. The van der Waals surface area contributed by atoms with Gasteiger partial charge < -0.3 is 18.7 Å². The number of hydrogen-bond acceptors (Lipinski definition) is 3. The molecule has 12 aromatic rings. The van der Waals surface area contributed by atoms with Crippen molar-refractivity contribution in [1.29, 1.82) is 0 Å². The van der Waals surface area contributed by atoms with Crippen molar-refractivity contribution in [3.05, 3.63) is 226 Å². The van der Waals surface area contributed by atoms with Gasteiger partial charge in [-0.05, 0) is 220 Å². The second-order valence-corrected chi connectivity index (χ2v) is 33.2. The molecule has 0 saturated heterocycles. The Kier molecular flexibility index (Phi) is 11.3.